The SMILES string of the molecule is CCOc1ccc(/C=C2\SC(N3CCN(C)CC3)=NC2=O)cc1OC. The summed E-state index contributed by atoms with van der Waals surface area (Å²) in [5, 5.41) is 0.808. The molecule has 0 unspecified atom stereocenters. The Labute approximate surface area is 152 Å². The van der Waals surface area contributed by atoms with Gasteiger partial charge < -0.3 is 19.3 Å². The summed E-state index contributed by atoms with van der Waals surface area (Å²) in [6, 6.07) is 5.66. The van der Waals surface area contributed by atoms with E-state index in [0.717, 1.165) is 36.9 Å². The lowest BCUT2D eigenvalue weighted by Crippen LogP contribution is -2.46. The average molecular weight is 361 g/mol. The van der Waals surface area contributed by atoms with Crippen LogP contribution in [0.4, 0.5) is 0 Å². The summed E-state index contributed by atoms with van der Waals surface area (Å²) in [4.78, 5) is 21.6. The van der Waals surface area contributed by atoms with Gasteiger partial charge in [-0.25, -0.2) is 0 Å². The number of hydrogen-bond donors (Lipinski definition) is 0. The molecule has 6 nitrogen and oxygen atoms in total. The van der Waals surface area contributed by atoms with Crippen LogP contribution >= 0.6 is 11.8 Å². The van der Waals surface area contributed by atoms with Gasteiger partial charge >= 0.3 is 0 Å². The lowest BCUT2D eigenvalue weighted by molar-refractivity contribution is -0.113. The molecule has 0 saturated carbocycles. The second-order valence-electron chi connectivity index (χ2n) is 5.94. The van der Waals surface area contributed by atoms with E-state index in [1.807, 2.05) is 31.2 Å². The van der Waals surface area contributed by atoms with Crippen molar-refractivity contribution < 1.29 is 14.3 Å². The van der Waals surface area contributed by atoms with Crippen molar-refractivity contribution in [1.29, 1.82) is 0 Å². The van der Waals surface area contributed by atoms with Crippen LogP contribution in [0.3, 0.4) is 0 Å². The molecule has 0 spiro atoms. The maximum atomic E-state index is 12.3. The highest BCUT2D eigenvalue weighted by molar-refractivity contribution is 8.18. The summed E-state index contributed by atoms with van der Waals surface area (Å²) >= 11 is 1.45. The Bertz CT molecular complexity index is 710. The Kier molecular flexibility index (Phi) is 5.65. The molecule has 1 saturated heterocycles. The van der Waals surface area contributed by atoms with Gasteiger partial charge in [-0.05, 0) is 49.5 Å². The van der Waals surface area contributed by atoms with Crippen molar-refractivity contribution >= 4 is 28.9 Å². The molecule has 1 aromatic rings. The Morgan fingerprint density at radius 2 is 2.00 bits per heavy atom. The molecule has 2 aliphatic heterocycles. The van der Waals surface area contributed by atoms with E-state index in [-0.39, 0.29) is 5.91 Å². The van der Waals surface area contributed by atoms with Crippen molar-refractivity contribution in [2.45, 2.75) is 6.92 Å². The predicted octanol–water partition coefficient (Wildman–Crippen LogP) is 2.31. The Morgan fingerprint density at radius 1 is 1.24 bits per heavy atom. The molecule has 0 atom stereocenters. The molecule has 2 heterocycles. The van der Waals surface area contributed by atoms with E-state index in [9.17, 15) is 4.79 Å². The van der Waals surface area contributed by atoms with Gasteiger partial charge in [0, 0.05) is 26.2 Å². The highest BCUT2D eigenvalue weighted by Crippen LogP contribution is 2.33. The molecule has 1 fully saturated rings. The van der Waals surface area contributed by atoms with Crippen molar-refractivity contribution in [3.8, 4) is 11.5 Å². The quantitative estimate of drug-likeness (QED) is 0.767. The molecular formula is C18H23N3O3S. The van der Waals surface area contributed by atoms with Crippen LogP contribution in [0.15, 0.2) is 28.1 Å². The lowest BCUT2D eigenvalue weighted by atomic mass is 10.2. The summed E-state index contributed by atoms with van der Waals surface area (Å²) in [6.07, 6.45) is 1.86. The minimum Gasteiger partial charge on any atom is -0.493 e. The van der Waals surface area contributed by atoms with E-state index in [0.29, 0.717) is 23.0 Å². The van der Waals surface area contributed by atoms with Gasteiger partial charge in [0.15, 0.2) is 16.7 Å². The molecule has 7 heteroatoms. The first kappa shape index (κ1) is 17.8. The number of amidine groups is 1. The number of nitrogens with zero attached hydrogens (tertiary/aromatic N) is 3. The number of benzene rings is 1. The van der Waals surface area contributed by atoms with Crippen molar-refractivity contribution in [1.82, 2.24) is 9.80 Å². The fraction of sp³-hybridized carbons (Fsp3) is 0.444. The van der Waals surface area contributed by atoms with Crippen LogP contribution in [-0.4, -0.2) is 67.8 Å². The second-order valence-corrected chi connectivity index (χ2v) is 6.95. The zero-order valence-corrected chi connectivity index (χ0v) is 15.6. The van der Waals surface area contributed by atoms with Crippen LogP contribution < -0.4 is 9.47 Å². The number of ether oxygens (including phenoxy) is 2. The summed E-state index contributed by atoms with van der Waals surface area (Å²) in [6.45, 7) is 6.29. The second kappa shape index (κ2) is 7.93. The maximum absolute atomic E-state index is 12.3. The van der Waals surface area contributed by atoms with Gasteiger partial charge in [-0.1, -0.05) is 6.07 Å². The zero-order valence-electron chi connectivity index (χ0n) is 14.8. The number of likely N-dealkylation sites (N-methyl/N-ethyl adjacent to an activating group) is 1. The smallest absolute Gasteiger partial charge is 0.286 e. The molecule has 0 bridgehead atoms. The highest BCUT2D eigenvalue weighted by Gasteiger charge is 2.27. The molecule has 0 aromatic heterocycles. The van der Waals surface area contributed by atoms with Gasteiger partial charge in [-0.15, -0.1) is 0 Å². The Balaban J connectivity index is 1.73. The Morgan fingerprint density at radius 3 is 2.68 bits per heavy atom. The fourth-order valence-electron chi connectivity index (χ4n) is 2.73. The maximum Gasteiger partial charge on any atom is 0.286 e. The minimum atomic E-state index is -0.174. The standard InChI is InChI=1S/C18H23N3O3S/c1-4-24-14-6-5-13(11-15(14)23-3)12-16-17(22)19-18(25-16)21-9-7-20(2)8-10-21/h5-6,11-12H,4,7-10H2,1-3H3/b16-12-. The van der Waals surface area contributed by atoms with E-state index >= 15 is 0 Å². The number of thioether (sulfide) groups is 1. The number of rotatable bonds is 4. The van der Waals surface area contributed by atoms with Gasteiger partial charge in [0.2, 0.25) is 0 Å². The largest absolute Gasteiger partial charge is 0.493 e. The van der Waals surface area contributed by atoms with E-state index in [2.05, 4.69) is 21.8 Å². The number of carbonyl (C=O) groups excluding carboxylic acids is 1. The molecule has 0 radical (unpaired) electrons. The summed E-state index contributed by atoms with van der Waals surface area (Å²) in [7, 11) is 3.72. The van der Waals surface area contributed by atoms with Crippen LogP contribution in [0, 0.1) is 0 Å². The van der Waals surface area contributed by atoms with E-state index in [1.54, 1.807) is 7.11 Å². The number of carbonyl (C=O) groups is 1. The van der Waals surface area contributed by atoms with Crippen LogP contribution in [0.2, 0.25) is 0 Å². The first-order valence-corrected chi connectivity index (χ1v) is 9.19. The summed E-state index contributed by atoms with van der Waals surface area (Å²) < 4.78 is 10.9. The molecule has 0 N–H and O–H groups in total. The molecule has 2 aliphatic rings. The van der Waals surface area contributed by atoms with Gasteiger partial charge in [-0.2, -0.15) is 4.99 Å². The van der Waals surface area contributed by atoms with Crippen molar-refractivity contribution in [3.05, 3.63) is 28.7 Å². The highest BCUT2D eigenvalue weighted by atomic mass is 32.2. The average Bonchev–Trinajstić information content (AvgIpc) is 2.97. The zero-order chi connectivity index (χ0) is 17.8. The molecule has 25 heavy (non-hydrogen) atoms. The van der Waals surface area contributed by atoms with Crippen molar-refractivity contribution in [3.63, 3.8) is 0 Å². The van der Waals surface area contributed by atoms with Gasteiger partial charge in [0.25, 0.3) is 5.91 Å². The number of methoxy groups -OCH3 is 1. The van der Waals surface area contributed by atoms with Crippen LogP contribution in [-0.2, 0) is 4.79 Å². The van der Waals surface area contributed by atoms with Gasteiger partial charge in [0.05, 0.1) is 18.6 Å². The number of amides is 1. The lowest BCUT2D eigenvalue weighted by Gasteiger charge is -2.32. The predicted molar refractivity (Wildman–Crippen MR) is 101 cm³/mol. The normalized spacial score (nSPS) is 20.1. The molecule has 0 aliphatic carbocycles. The van der Waals surface area contributed by atoms with Crippen LogP contribution in [0.1, 0.15) is 12.5 Å². The van der Waals surface area contributed by atoms with Gasteiger partial charge in [0.1, 0.15) is 0 Å². The first-order valence-electron chi connectivity index (χ1n) is 8.37. The fourth-order valence-corrected chi connectivity index (χ4v) is 3.70. The molecule has 3 rings (SSSR count). The van der Waals surface area contributed by atoms with Crippen LogP contribution in [0.5, 0.6) is 11.5 Å². The molecule has 1 amide bonds. The van der Waals surface area contributed by atoms with E-state index in [1.165, 1.54) is 11.8 Å². The van der Waals surface area contributed by atoms with E-state index in [4.69, 9.17) is 9.47 Å². The summed E-state index contributed by atoms with van der Waals surface area (Å²) in [5.74, 6) is 1.19. The van der Waals surface area contributed by atoms with Crippen molar-refractivity contribution in [2.75, 3.05) is 46.9 Å². The monoisotopic (exact) mass is 361 g/mol. The van der Waals surface area contributed by atoms with Crippen molar-refractivity contribution in [2.24, 2.45) is 4.99 Å². The topological polar surface area (TPSA) is 54.4 Å². The summed E-state index contributed by atoms with van der Waals surface area (Å²) in [5.41, 5.74) is 0.894. The Hall–Kier alpha value is -1.99. The number of aliphatic imine (C=N–C) groups is 1. The first-order chi connectivity index (χ1) is 12.1. The number of piperazine rings is 1. The molecule has 134 valence electrons. The number of hydrogen-bond acceptors (Lipinski definition) is 6. The van der Waals surface area contributed by atoms with Crippen LogP contribution in [0.25, 0.3) is 6.08 Å². The molecular weight excluding hydrogens is 338 g/mol. The third-order valence-electron chi connectivity index (χ3n) is 4.17. The molecule has 1 aromatic carbocycles. The van der Waals surface area contributed by atoms with Gasteiger partial charge in [-0.3, -0.25) is 4.79 Å². The third-order valence-corrected chi connectivity index (χ3v) is 5.21. The minimum absolute atomic E-state index is 0.174. The van der Waals surface area contributed by atoms with E-state index < -0.39 is 0 Å². The third kappa shape index (κ3) is 4.16.